The molecule has 2 fully saturated rings. The van der Waals surface area contributed by atoms with Gasteiger partial charge in [0.05, 0.1) is 0 Å². The van der Waals surface area contributed by atoms with Crippen LogP contribution < -0.4 is 5.32 Å². The number of halogens is 3. The number of amides is 1. The second-order valence-corrected chi connectivity index (χ2v) is 6.30. The van der Waals surface area contributed by atoms with Crippen LogP contribution in [0.2, 0.25) is 0 Å². The zero-order valence-corrected chi connectivity index (χ0v) is 14.5. The topological polar surface area (TPSA) is 35.6 Å². The molecule has 0 aliphatic carbocycles. The Bertz CT molecular complexity index is 567. The van der Waals surface area contributed by atoms with E-state index >= 15 is 0 Å². The number of nitrogens with zero attached hydrogens (tertiary/aromatic N) is 2. The molecule has 1 amide bonds. The van der Waals surface area contributed by atoms with E-state index in [2.05, 4.69) is 10.2 Å². The number of aryl methyl sites for hydroxylation is 1. The van der Waals surface area contributed by atoms with Crippen molar-refractivity contribution >= 4 is 18.3 Å². The lowest BCUT2D eigenvalue weighted by molar-refractivity contribution is -0.130. The molecule has 1 N–H and O–H groups in total. The maximum Gasteiger partial charge on any atom is 0.222 e. The average molecular weight is 360 g/mol. The first-order chi connectivity index (χ1) is 11.1. The molecule has 2 aliphatic rings. The standard InChI is InChI=1S/C17H23F2N3O.ClH/c18-14-2-3-16(19)13(11-14)1-4-17(23)22-8-5-15(12-22)21-9-6-20-7-10-21;/h2-3,11,15,20H,1,4-10,12H2;1H. The van der Waals surface area contributed by atoms with E-state index in [0.717, 1.165) is 57.8 Å². The van der Waals surface area contributed by atoms with Crippen LogP contribution in [0, 0.1) is 11.6 Å². The first kappa shape index (κ1) is 19.1. The van der Waals surface area contributed by atoms with Gasteiger partial charge in [-0.2, -0.15) is 0 Å². The lowest BCUT2D eigenvalue weighted by Gasteiger charge is -2.32. The van der Waals surface area contributed by atoms with E-state index in [1.165, 1.54) is 6.07 Å². The van der Waals surface area contributed by atoms with Crippen molar-refractivity contribution < 1.29 is 13.6 Å². The predicted molar refractivity (Wildman–Crippen MR) is 91.4 cm³/mol. The SMILES string of the molecule is Cl.O=C(CCc1cc(F)ccc1F)N1CCC(N2CCNCC2)C1. The maximum absolute atomic E-state index is 13.6. The molecule has 1 unspecified atom stereocenters. The minimum Gasteiger partial charge on any atom is -0.341 e. The Morgan fingerprint density at radius 1 is 1.21 bits per heavy atom. The molecule has 0 radical (unpaired) electrons. The molecule has 0 spiro atoms. The second-order valence-electron chi connectivity index (χ2n) is 6.30. The van der Waals surface area contributed by atoms with Gasteiger partial charge in [-0.15, -0.1) is 12.4 Å². The van der Waals surface area contributed by atoms with E-state index in [-0.39, 0.29) is 36.7 Å². The minimum absolute atomic E-state index is 0. The summed E-state index contributed by atoms with van der Waals surface area (Å²) in [7, 11) is 0. The van der Waals surface area contributed by atoms with Crippen molar-refractivity contribution in [2.75, 3.05) is 39.3 Å². The highest BCUT2D eigenvalue weighted by atomic mass is 35.5. The van der Waals surface area contributed by atoms with Crippen molar-refractivity contribution in [1.82, 2.24) is 15.1 Å². The lowest BCUT2D eigenvalue weighted by Crippen LogP contribution is -2.49. The van der Waals surface area contributed by atoms with Gasteiger partial charge < -0.3 is 10.2 Å². The zero-order chi connectivity index (χ0) is 16.2. The summed E-state index contributed by atoms with van der Waals surface area (Å²) >= 11 is 0. The van der Waals surface area contributed by atoms with E-state index in [1.54, 1.807) is 0 Å². The predicted octanol–water partition coefficient (Wildman–Crippen LogP) is 1.83. The highest BCUT2D eigenvalue weighted by Gasteiger charge is 2.30. The van der Waals surface area contributed by atoms with Crippen LogP contribution in [0.1, 0.15) is 18.4 Å². The first-order valence-electron chi connectivity index (χ1n) is 8.30. The largest absolute Gasteiger partial charge is 0.341 e. The smallest absolute Gasteiger partial charge is 0.222 e. The molecule has 1 aromatic rings. The molecule has 7 heteroatoms. The van der Waals surface area contributed by atoms with Crippen molar-refractivity contribution in [2.45, 2.75) is 25.3 Å². The Morgan fingerprint density at radius 2 is 1.96 bits per heavy atom. The van der Waals surface area contributed by atoms with Gasteiger partial charge in [0.25, 0.3) is 0 Å². The fourth-order valence-electron chi connectivity index (χ4n) is 3.45. The molecule has 1 aromatic carbocycles. The second kappa shape index (κ2) is 8.74. The molecule has 134 valence electrons. The Kier molecular flexibility index (Phi) is 6.95. The molecule has 2 heterocycles. The van der Waals surface area contributed by atoms with Crippen molar-refractivity contribution in [2.24, 2.45) is 0 Å². The molecule has 0 saturated carbocycles. The van der Waals surface area contributed by atoms with Crippen LogP contribution in [0.4, 0.5) is 8.78 Å². The molecule has 1 atom stereocenters. The van der Waals surface area contributed by atoms with Crippen molar-refractivity contribution in [3.8, 4) is 0 Å². The monoisotopic (exact) mass is 359 g/mol. The Balaban J connectivity index is 0.00000208. The molecular formula is C17H24ClF2N3O. The number of hydrogen-bond acceptors (Lipinski definition) is 3. The van der Waals surface area contributed by atoms with E-state index in [1.807, 2.05) is 4.90 Å². The Morgan fingerprint density at radius 3 is 2.71 bits per heavy atom. The summed E-state index contributed by atoms with van der Waals surface area (Å²) in [6.07, 6.45) is 1.48. The molecule has 3 rings (SSSR count). The number of hydrogen-bond donors (Lipinski definition) is 1. The summed E-state index contributed by atoms with van der Waals surface area (Å²) in [6, 6.07) is 3.83. The quantitative estimate of drug-likeness (QED) is 0.891. The zero-order valence-electron chi connectivity index (χ0n) is 13.6. The molecule has 0 bridgehead atoms. The van der Waals surface area contributed by atoms with Crippen LogP contribution in [0.25, 0.3) is 0 Å². The van der Waals surface area contributed by atoms with Gasteiger partial charge >= 0.3 is 0 Å². The Hall–Kier alpha value is -1.24. The van der Waals surface area contributed by atoms with Gasteiger partial charge in [0, 0.05) is 51.7 Å². The van der Waals surface area contributed by atoms with Crippen LogP contribution in [-0.4, -0.2) is 61.0 Å². The van der Waals surface area contributed by atoms with Gasteiger partial charge in [-0.1, -0.05) is 0 Å². The van der Waals surface area contributed by atoms with Crippen molar-refractivity contribution in [3.63, 3.8) is 0 Å². The highest BCUT2D eigenvalue weighted by Crippen LogP contribution is 2.18. The fourth-order valence-corrected chi connectivity index (χ4v) is 3.45. The number of benzene rings is 1. The Labute approximate surface area is 147 Å². The van der Waals surface area contributed by atoms with Crippen molar-refractivity contribution in [1.29, 1.82) is 0 Å². The average Bonchev–Trinajstić information content (AvgIpc) is 3.06. The van der Waals surface area contributed by atoms with Gasteiger partial charge in [0.1, 0.15) is 11.6 Å². The van der Waals surface area contributed by atoms with Crippen LogP contribution in [0.3, 0.4) is 0 Å². The maximum atomic E-state index is 13.6. The summed E-state index contributed by atoms with van der Waals surface area (Å²) in [5, 5.41) is 3.33. The number of likely N-dealkylation sites (tertiary alicyclic amines) is 1. The van der Waals surface area contributed by atoms with Crippen LogP contribution in [0.15, 0.2) is 18.2 Å². The molecule has 4 nitrogen and oxygen atoms in total. The number of nitrogens with one attached hydrogen (secondary N) is 1. The number of carbonyl (C=O) groups is 1. The van der Waals surface area contributed by atoms with Crippen molar-refractivity contribution in [3.05, 3.63) is 35.4 Å². The molecule has 0 aromatic heterocycles. The number of rotatable bonds is 4. The van der Waals surface area contributed by atoms with E-state index in [0.29, 0.717) is 6.04 Å². The van der Waals surface area contributed by atoms with Crippen LogP contribution >= 0.6 is 12.4 Å². The summed E-state index contributed by atoms with van der Waals surface area (Å²) in [5.74, 6) is -0.876. The van der Waals surface area contributed by atoms with E-state index < -0.39 is 11.6 Å². The van der Waals surface area contributed by atoms with E-state index in [9.17, 15) is 13.6 Å². The van der Waals surface area contributed by atoms with Gasteiger partial charge in [-0.3, -0.25) is 9.69 Å². The van der Waals surface area contributed by atoms with Gasteiger partial charge in [-0.05, 0) is 36.6 Å². The first-order valence-corrected chi connectivity index (χ1v) is 8.30. The molecular weight excluding hydrogens is 336 g/mol. The third-order valence-electron chi connectivity index (χ3n) is 4.80. The van der Waals surface area contributed by atoms with Gasteiger partial charge in [-0.25, -0.2) is 8.78 Å². The van der Waals surface area contributed by atoms with E-state index in [4.69, 9.17) is 0 Å². The van der Waals surface area contributed by atoms with Gasteiger partial charge in [0.2, 0.25) is 5.91 Å². The van der Waals surface area contributed by atoms with Crippen LogP contribution in [-0.2, 0) is 11.2 Å². The summed E-state index contributed by atoms with van der Waals surface area (Å²) < 4.78 is 26.8. The minimum atomic E-state index is -0.464. The summed E-state index contributed by atoms with van der Waals surface area (Å²) in [6.45, 7) is 5.58. The highest BCUT2D eigenvalue weighted by molar-refractivity contribution is 5.85. The molecule has 2 saturated heterocycles. The fraction of sp³-hybridized carbons (Fsp3) is 0.588. The van der Waals surface area contributed by atoms with Crippen LogP contribution in [0.5, 0.6) is 0 Å². The summed E-state index contributed by atoms with van der Waals surface area (Å²) in [5.41, 5.74) is 0.274. The third-order valence-corrected chi connectivity index (χ3v) is 4.80. The van der Waals surface area contributed by atoms with Gasteiger partial charge in [0.15, 0.2) is 0 Å². The molecule has 24 heavy (non-hydrogen) atoms. The normalized spacial score (nSPS) is 21.6. The third kappa shape index (κ3) is 4.65. The summed E-state index contributed by atoms with van der Waals surface area (Å²) in [4.78, 5) is 16.6. The number of piperazine rings is 1. The number of carbonyl (C=O) groups excluding carboxylic acids is 1. The lowest BCUT2D eigenvalue weighted by atomic mass is 10.1. The molecule has 2 aliphatic heterocycles.